The summed E-state index contributed by atoms with van der Waals surface area (Å²) in [5.74, 6) is 0.109. The highest BCUT2D eigenvalue weighted by Crippen LogP contribution is 2.16. The third-order valence-electron chi connectivity index (χ3n) is 2.21. The van der Waals surface area contributed by atoms with Crippen LogP contribution in [0.15, 0.2) is 41.5 Å². The van der Waals surface area contributed by atoms with Crippen molar-refractivity contribution in [3.8, 4) is 11.3 Å². The smallest absolute Gasteiger partial charge is 0.186 e. The second kappa shape index (κ2) is 5.91. The van der Waals surface area contributed by atoms with Gasteiger partial charge in [-0.3, -0.25) is 5.10 Å². The molecule has 6 heteroatoms. The van der Waals surface area contributed by atoms with E-state index in [2.05, 4.69) is 15.2 Å². The van der Waals surface area contributed by atoms with Gasteiger partial charge < -0.3 is 11.5 Å². The zero-order valence-electron chi connectivity index (χ0n) is 9.13. The lowest BCUT2D eigenvalue weighted by Gasteiger charge is -2.00. The lowest BCUT2D eigenvalue weighted by atomic mass is 10.1. The molecule has 0 spiro atoms. The number of guanidine groups is 1. The Kier molecular flexibility index (Phi) is 4.54. The normalized spacial score (nSPS) is 9.41. The minimum absolute atomic E-state index is 0. The molecule has 0 unspecified atom stereocenters. The molecule has 17 heavy (non-hydrogen) atoms. The molecule has 2 aromatic rings. The standard InChI is InChI=1S/C11H13N5.ClH/c12-11(13)14-7-8-1-3-9(4-2-8)10-5-6-15-16-10;/h1-6H,7H2,(H,15,16)(H4,12,13,14);1H. The highest BCUT2D eigenvalue weighted by atomic mass is 35.5. The number of halogens is 1. The quantitative estimate of drug-likeness (QED) is 0.567. The van der Waals surface area contributed by atoms with Crippen molar-refractivity contribution < 1.29 is 0 Å². The average molecular weight is 252 g/mol. The van der Waals surface area contributed by atoms with Gasteiger partial charge in [-0.2, -0.15) is 5.10 Å². The Morgan fingerprint density at radius 1 is 1.18 bits per heavy atom. The van der Waals surface area contributed by atoms with Crippen molar-refractivity contribution in [2.75, 3.05) is 0 Å². The van der Waals surface area contributed by atoms with Crippen LogP contribution in [0.5, 0.6) is 0 Å². The molecule has 0 amide bonds. The number of aromatic nitrogens is 2. The third-order valence-corrected chi connectivity index (χ3v) is 2.21. The van der Waals surface area contributed by atoms with E-state index in [1.807, 2.05) is 30.3 Å². The second-order valence-electron chi connectivity index (χ2n) is 3.41. The van der Waals surface area contributed by atoms with E-state index in [9.17, 15) is 0 Å². The van der Waals surface area contributed by atoms with Gasteiger partial charge >= 0.3 is 0 Å². The molecule has 90 valence electrons. The number of H-pyrrole nitrogens is 1. The molecule has 0 atom stereocenters. The first-order valence-corrected chi connectivity index (χ1v) is 4.90. The number of benzene rings is 1. The van der Waals surface area contributed by atoms with E-state index in [4.69, 9.17) is 11.5 Å². The summed E-state index contributed by atoms with van der Waals surface area (Å²) in [6.07, 6.45) is 1.72. The van der Waals surface area contributed by atoms with Crippen molar-refractivity contribution in [1.29, 1.82) is 0 Å². The fourth-order valence-corrected chi connectivity index (χ4v) is 1.39. The molecule has 0 aliphatic heterocycles. The number of aliphatic imine (C=N–C) groups is 1. The van der Waals surface area contributed by atoms with E-state index in [1.165, 1.54) is 0 Å². The Labute approximate surface area is 105 Å². The van der Waals surface area contributed by atoms with Crippen LogP contribution in [-0.4, -0.2) is 16.2 Å². The zero-order valence-corrected chi connectivity index (χ0v) is 9.95. The van der Waals surface area contributed by atoms with Gasteiger partial charge in [-0.1, -0.05) is 24.3 Å². The molecule has 0 bridgehead atoms. The summed E-state index contributed by atoms with van der Waals surface area (Å²) >= 11 is 0. The summed E-state index contributed by atoms with van der Waals surface area (Å²) in [4.78, 5) is 3.94. The van der Waals surface area contributed by atoms with Crippen molar-refractivity contribution in [2.45, 2.75) is 6.54 Å². The van der Waals surface area contributed by atoms with Crippen molar-refractivity contribution in [3.63, 3.8) is 0 Å². The van der Waals surface area contributed by atoms with Crippen LogP contribution in [-0.2, 0) is 6.54 Å². The molecule has 5 N–H and O–H groups in total. The van der Waals surface area contributed by atoms with E-state index in [-0.39, 0.29) is 18.4 Å². The zero-order chi connectivity index (χ0) is 11.4. The Morgan fingerprint density at radius 3 is 2.41 bits per heavy atom. The molecule has 0 saturated carbocycles. The summed E-state index contributed by atoms with van der Waals surface area (Å²) in [6.45, 7) is 0.506. The number of nitrogens with two attached hydrogens (primary N) is 2. The van der Waals surface area contributed by atoms with E-state index >= 15 is 0 Å². The number of hydrogen-bond acceptors (Lipinski definition) is 2. The monoisotopic (exact) mass is 251 g/mol. The summed E-state index contributed by atoms with van der Waals surface area (Å²) in [5.41, 5.74) is 13.7. The molecule has 0 fully saturated rings. The van der Waals surface area contributed by atoms with Crippen LogP contribution in [0.1, 0.15) is 5.56 Å². The highest BCUT2D eigenvalue weighted by molar-refractivity contribution is 5.85. The maximum atomic E-state index is 5.26. The molecular formula is C11H14ClN5. The van der Waals surface area contributed by atoms with E-state index in [0.717, 1.165) is 16.8 Å². The fraction of sp³-hybridized carbons (Fsp3) is 0.0909. The molecule has 0 aliphatic carbocycles. The summed E-state index contributed by atoms with van der Waals surface area (Å²) < 4.78 is 0. The second-order valence-corrected chi connectivity index (χ2v) is 3.41. The predicted octanol–water partition coefficient (Wildman–Crippen LogP) is 1.27. The topological polar surface area (TPSA) is 93.1 Å². The SMILES string of the molecule is Cl.NC(N)=NCc1ccc(-c2ccn[nH]2)cc1. The maximum absolute atomic E-state index is 5.26. The van der Waals surface area contributed by atoms with Gasteiger partial charge in [0.25, 0.3) is 0 Å². The van der Waals surface area contributed by atoms with Gasteiger partial charge in [0, 0.05) is 6.20 Å². The third kappa shape index (κ3) is 3.49. The molecule has 0 radical (unpaired) electrons. The number of aromatic amines is 1. The van der Waals surface area contributed by atoms with Gasteiger partial charge in [-0.05, 0) is 17.2 Å². The Hall–Kier alpha value is -2.01. The van der Waals surface area contributed by atoms with E-state index < -0.39 is 0 Å². The summed E-state index contributed by atoms with van der Waals surface area (Å²) in [5, 5.41) is 6.81. The number of rotatable bonds is 3. The number of nitrogens with one attached hydrogen (secondary N) is 1. The first-order chi connectivity index (χ1) is 7.75. The predicted molar refractivity (Wildman–Crippen MR) is 70.8 cm³/mol. The van der Waals surface area contributed by atoms with Gasteiger partial charge in [0.2, 0.25) is 0 Å². The van der Waals surface area contributed by atoms with Crippen molar-refractivity contribution >= 4 is 18.4 Å². The largest absolute Gasteiger partial charge is 0.370 e. The molecule has 0 aliphatic rings. The van der Waals surface area contributed by atoms with Crippen LogP contribution in [0.4, 0.5) is 0 Å². The van der Waals surface area contributed by atoms with Crippen LogP contribution in [0, 0.1) is 0 Å². The lowest BCUT2D eigenvalue weighted by molar-refractivity contribution is 1.05. The Bertz CT molecular complexity index is 471. The Balaban J connectivity index is 0.00000144. The summed E-state index contributed by atoms with van der Waals surface area (Å²) in [6, 6.07) is 9.91. The lowest BCUT2D eigenvalue weighted by Crippen LogP contribution is -2.22. The maximum Gasteiger partial charge on any atom is 0.186 e. The molecule has 5 nitrogen and oxygen atoms in total. The first kappa shape index (κ1) is 13.1. The van der Waals surface area contributed by atoms with Gasteiger partial charge in [-0.25, -0.2) is 4.99 Å². The number of hydrogen-bond donors (Lipinski definition) is 3. The highest BCUT2D eigenvalue weighted by Gasteiger charge is 1.98. The number of nitrogens with zero attached hydrogens (tertiary/aromatic N) is 2. The minimum atomic E-state index is 0. The van der Waals surface area contributed by atoms with Gasteiger partial charge in [0.05, 0.1) is 12.2 Å². The molecular weight excluding hydrogens is 238 g/mol. The molecule has 1 aromatic heterocycles. The van der Waals surface area contributed by atoms with Crippen molar-refractivity contribution in [1.82, 2.24) is 10.2 Å². The molecule has 0 saturated heterocycles. The van der Waals surface area contributed by atoms with Crippen molar-refractivity contribution in [3.05, 3.63) is 42.1 Å². The van der Waals surface area contributed by atoms with Crippen LogP contribution in [0.25, 0.3) is 11.3 Å². The van der Waals surface area contributed by atoms with Gasteiger partial charge in [0.15, 0.2) is 5.96 Å². The van der Waals surface area contributed by atoms with Crippen LogP contribution in [0.2, 0.25) is 0 Å². The summed E-state index contributed by atoms with van der Waals surface area (Å²) in [7, 11) is 0. The molecule has 1 aromatic carbocycles. The van der Waals surface area contributed by atoms with Gasteiger partial charge in [-0.15, -0.1) is 12.4 Å². The van der Waals surface area contributed by atoms with Crippen molar-refractivity contribution in [2.24, 2.45) is 16.5 Å². The van der Waals surface area contributed by atoms with E-state index in [0.29, 0.717) is 6.54 Å². The van der Waals surface area contributed by atoms with Crippen LogP contribution < -0.4 is 11.5 Å². The average Bonchev–Trinajstić information content (AvgIpc) is 2.80. The minimum Gasteiger partial charge on any atom is -0.370 e. The molecule has 1 heterocycles. The first-order valence-electron chi connectivity index (χ1n) is 4.90. The van der Waals surface area contributed by atoms with Crippen LogP contribution in [0.3, 0.4) is 0 Å². The van der Waals surface area contributed by atoms with Crippen LogP contribution >= 0.6 is 12.4 Å². The Morgan fingerprint density at radius 2 is 1.88 bits per heavy atom. The van der Waals surface area contributed by atoms with E-state index in [1.54, 1.807) is 6.20 Å². The fourth-order valence-electron chi connectivity index (χ4n) is 1.39. The van der Waals surface area contributed by atoms with Gasteiger partial charge in [0.1, 0.15) is 0 Å². The molecule has 2 rings (SSSR count).